The summed E-state index contributed by atoms with van der Waals surface area (Å²) in [7, 11) is 0. The van der Waals surface area contributed by atoms with Crippen LogP contribution in [0.4, 0.5) is 13.2 Å². The number of pyridine rings is 1. The highest BCUT2D eigenvalue weighted by Crippen LogP contribution is 2.62. The third-order valence-electron chi connectivity index (χ3n) is 3.95. The van der Waals surface area contributed by atoms with Crippen LogP contribution in [-0.4, -0.2) is 18.1 Å². The zero-order chi connectivity index (χ0) is 12.1. The monoisotopic (exact) mass is 242 g/mol. The van der Waals surface area contributed by atoms with Gasteiger partial charge in [0.25, 0.3) is 0 Å². The summed E-state index contributed by atoms with van der Waals surface area (Å²) in [5, 5.41) is 3.31. The molecule has 2 fully saturated rings. The van der Waals surface area contributed by atoms with Crippen LogP contribution in [0.5, 0.6) is 0 Å². The molecule has 17 heavy (non-hydrogen) atoms. The average Bonchev–Trinajstić information content (AvgIpc) is 2.76. The topological polar surface area (TPSA) is 24.9 Å². The second kappa shape index (κ2) is 3.45. The Morgan fingerprint density at radius 2 is 2.18 bits per heavy atom. The van der Waals surface area contributed by atoms with E-state index in [9.17, 15) is 13.2 Å². The van der Waals surface area contributed by atoms with E-state index >= 15 is 0 Å². The quantitative estimate of drug-likeness (QED) is 0.818. The van der Waals surface area contributed by atoms with Gasteiger partial charge in [-0.05, 0) is 42.3 Å². The standard InChI is InChI=1S/C12H13F3N2/c13-12(14,15)10-2-1-8(6-17-10)9-5-11(9)3-4-16-7-11/h1-2,6,9,16H,3-5,7H2/t9?,11-/m1/s1. The zero-order valence-corrected chi connectivity index (χ0v) is 9.22. The molecule has 1 saturated carbocycles. The van der Waals surface area contributed by atoms with Gasteiger partial charge in [0.05, 0.1) is 0 Å². The molecule has 92 valence electrons. The molecule has 2 heterocycles. The van der Waals surface area contributed by atoms with Crippen molar-refractivity contribution in [3.05, 3.63) is 29.6 Å². The number of hydrogen-bond donors (Lipinski definition) is 1. The van der Waals surface area contributed by atoms with Crippen LogP contribution in [0, 0.1) is 5.41 Å². The van der Waals surface area contributed by atoms with Crippen molar-refractivity contribution in [3.8, 4) is 0 Å². The van der Waals surface area contributed by atoms with Crippen molar-refractivity contribution in [1.29, 1.82) is 0 Å². The van der Waals surface area contributed by atoms with Crippen molar-refractivity contribution in [2.75, 3.05) is 13.1 Å². The highest BCUT2D eigenvalue weighted by atomic mass is 19.4. The van der Waals surface area contributed by atoms with Gasteiger partial charge in [0.1, 0.15) is 5.69 Å². The zero-order valence-electron chi connectivity index (χ0n) is 9.22. The predicted octanol–water partition coefficient (Wildman–Crippen LogP) is 2.57. The Bertz CT molecular complexity index is 418. The second-order valence-electron chi connectivity index (χ2n) is 5.02. The number of rotatable bonds is 1. The molecular formula is C12H13F3N2. The fourth-order valence-corrected chi connectivity index (χ4v) is 2.83. The molecule has 1 aromatic heterocycles. The van der Waals surface area contributed by atoms with Crippen molar-refractivity contribution in [2.24, 2.45) is 5.41 Å². The average molecular weight is 242 g/mol. The van der Waals surface area contributed by atoms with E-state index in [0.29, 0.717) is 11.3 Å². The maximum absolute atomic E-state index is 12.4. The molecule has 2 atom stereocenters. The van der Waals surface area contributed by atoms with Crippen LogP contribution in [0.1, 0.15) is 30.0 Å². The number of nitrogens with one attached hydrogen (secondary N) is 1. The molecule has 2 nitrogen and oxygen atoms in total. The smallest absolute Gasteiger partial charge is 0.316 e. The highest BCUT2D eigenvalue weighted by Gasteiger charge is 2.55. The predicted molar refractivity (Wildman–Crippen MR) is 56.5 cm³/mol. The largest absolute Gasteiger partial charge is 0.433 e. The Balaban J connectivity index is 1.78. The third kappa shape index (κ3) is 1.82. The fraction of sp³-hybridized carbons (Fsp3) is 0.583. The van der Waals surface area contributed by atoms with Gasteiger partial charge in [-0.2, -0.15) is 13.2 Å². The molecule has 1 unspecified atom stereocenters. The first-order chi connectivity index (χ1) is 8.01. The van der Waals surface area contributed by atoms with Crippen LogP contribution in [0.2, 0.25) is 0 Å². The van der Waals surface area contributed by atoms with Gasteiger partial charge in [-0.3, -0.25) is 4.98 Å². The van der Waals surface area contributed by atoms with E-state index in [2.05, 4.69) is 10.3 Å². The molecule has 0 radical (unpaired) electrons. The Morgan fingerprint density at radius 1 is 1.35 bits per heavy atom. The van der Waals surface area contributed by atoms with Crippen LogP contribution in [0.25, 0.3) is 0 Å². The van der Waals surface area contributed by atoms with Crippen LogP contribution in [0.3, 0.4) is 0 Å². The van der Waals surface area contributed by atoms with Gasteiger partial charge in [0.15, 0.2) is 0 Å². The first-order valence-electron chi connectivity index (χ1n) is 5.75. The second-order valence-corrected chi connectivity index (χ2v) is 5.02. The van der Waals surface area contributed by atoms with Crippen molar-refractivity contribution >= 4 is 0 Å². The van der Waals surface area contributed by atoms with Gasteiger partial charge in [0, 0.05) is 12.7 Å². The molecule has 0 bridgehead atoms. The third-order valence-corrected chi connectivity index (χ3v) is 3.95. The van der Waals surface area contributed by atoms with Crippen molar-refractivity contribution in [2.45, 2.75) is 24.9 Å². The number of nitrogens with zero attached hydrogens (tertiary/aromatic N) is 1. The minimum atomic E-state index is -4.34. The van der Waals surface area contributed by atoms with E-state index < -0.39 is 11.9 Å². The lowest BCUT2D eigenvalue weighted by atomic mass is 9.99. The lowest BCUT2D eigenvalue weighted by molar-refractivity contribution is -0.141. The summed E-state index contributed by atoms with van der Waals surface area (Å²) in [5.41, 5.74) is 0.448. The molecule has 1 N–H and O–H groups in total. The van der Waals surface area contributed by atoms with Crippen molar-refractivity contribution in [1.82, 2.24) is 10.3 Å². The summed E-state index contributed by atoms with van der Waals surface area (Å²) in [6.07, 6.45) is -0.749. The molecule has 1 spiro atoms. The minimum Gasteiger partial charge on any atom is -0.316 e. The maximum atomic E-state index is 12.4. The van der Waals surface area contributed by atoms with Crippen LogP contribution in [-0.2, 0) is 6.18 Å². The molecule has 1 aromatic rings. The fourth-order valence-electron chi connectivity index (χ4n) is 2.83. The van der Waals surface area contributed by atoms with Gasteiger partial charge >= 0.3 is 6.18 Å². The molecule has 1 saturated heterocycles. The summed E-state index contributed by atoms with van der Waals surface area (Å²) in [6.45, 7) is 2.00. The Kier molecular flexibility index (Phi) is 2.23. The summed E-state index contributed by atoms with van der Waals surface area (Å²) in [5.74, 6) is 0.396. The number of aromatic nitrogens is 1. The molecule has 2 aliphatic rings. The molecule has 5 heteroatoms. The Hall–Kier alpha value is -1.10. The summed E-state index contributed by atoms with van der Waals surface area (Å²) in [6, 6.07) is 2.66. The lowest BCUT2D eigenvalue weighted by Crippen LogP contribution is -2.11. The minimum absolute atomic E-state index is 0.307. The molecule has 1 aliphatic heterocycles. The van der Waals surface area contributed by atoms with Gasteiger partial charge < -0.3 is 5.32 Å². The SMILES string of the molecule is FC(F)(F)c1ccc(C2C[C@@]23CCNC3)cn1. The number of halogens is 3. The van der Waals surface area contributed by atoms with Gasteiger partial charge in [0.2, 0.25) is 0 Å². The van der Waals surface area contributed by atoms with Gasteiger partial charge in [-0.15, -0.1) is 0 Å². The van der Waals surface area contributed by atoms with E-state index in [-0.39, 0.29) is 0 Å². The van der Waals surface area contributed by atoms with Crippen LogP contribution >= 0.6 is 0 Å². The number of hydrogen-bond acceptors (Lipinski definition) is 2. The first kappa shape index (κ1) is 11.0. The molecule has 0 aromatic carbocycles. The van der Waals surface area contributed by atoms with E-state index in [1.54, 1.807) is 6.07 Å². The van der Waals surface area contributed by atoms with E-state index in [0.717, 1.165) is 37.6 Å². The summed E-state index contributed by atoms with van der Waals surface area (Å²) in [4.78, 5) is 3.52. The summed E-state index contributed by atoms with van der Waals surface area (Å²) < 4.78 is 37.1. The number of alkyl halides is 3. The Morgan fingerprint density at radius 3 is 2.71 bits per heavy atom. The van der Waals surface area contributed by atoms with Crippen molar-refractivity contribution in [3.63, 3.8) is 0 Å². The molecular weight excluding hydrogens is 229 g/mol. The van der Waals surface area contributed by atoms with E-state index in [4.69, 9.17) is 0 Å². The lowest BCUT2D eigenvalue weighted by Gasteiger charge is -2.09. The van der Waals surface area contributed by atoms with Gasteiger partial charge in [-0.25, -0.2) is 0 Å². The molecule has 3 rings (SSSR count). The molecule has 1 aliphatic carbocycles. The first-order valence-corrected chi connectivity index (χ1v) is 5.75. The van der Waals surface area contributed by atoms with Crippen molar-refractivity contribution < 1.29 is 13.2 Å². The van der Waals surface area contributed by atoms with E-state index in [1.165, 1.54) is 6.20 Å². The summed E-state index contributed by atoms with van der Waals surface area (Å²) >= 11 is 0. The van der Waals surface area contributed by atoms with E-state index in [1.807, 2.05) is 0 Å². The highest BCUT2D eigenvalue weighted by molar-refractivity contribution is 5.30. The maximum Gasteiger partial charge on any atom is 0.433 e. The normalized spacial score (nSPS) is 32.1. The Labute approximate surface area is 97.2 Å². The molecule has 0 amide bonds. The van der Waals surface area contributed by atoms with Gasteiger partial charge in [-0.1, -0.05) is 6.07 Å². The van der Waals surface area contributed by atoms with Crippen LogP contribution in [0.15, 0.2) is 18.3 Å². The van der Waals surface area contributed by atoms with Crippen LogP contribution < -0.4 is 5.32 Å².